The summed E-state index contributed by atoms with van der Waals surface area (Å²) in [6.07, 6.45) is 0. The van der Waals surface area contributed by atoms with Crippen LogP contribution in [0, 0.1) is 18.6 Å². The molecule has 0 amide bonds. The number of aryl methyl sites for hydroxylation is 1. The number of thiazole rings is 1. The van der Waals surface area contributed by atoms with Crippen LogP contribution >= 0.6 is 11.3 Å². The molecule has 1 aromatic carbocycles. The van der Waals surface area contributed by atoms with E-state index in [1.165, 1.54) is 16.7 Å². The quantitative estimate of drug-likeness (QED) is 0.754. The smallest absolute Gasteiger partial charge is 0.215 e. The molecule has 0 bridgehead atoms. The van der Waals surface area contributed by atoms with Crippen molar-refractivity contribution in [3.8, 4) is 0 Å². The van der Waals surface area contributed by atoms with Gasteiger partial charge in [0.05, 0.1) is 10.6 Å². The first-order valence-corrected chi connectivity index (χ1v) is 5.38. The van der Waals surface area contributed by atoms with Crippen molar-refractivity contribution < 1.29 is 13.6 Å². The molecule has 0 unspecified atom stereocenters. The fraction of sp³-hybridized carbons (Fsp3) is 0.0909. The van der Waals surface area contributed by atoms with Gasteiger partial charge in [-0.15, -0.1) is 11.3 Å². The van der Waals surface area contributed by atoms with Gasteiger partial charge in [0.15, 0.2) is 0 Å². The molecule has 1 aromatic heterocycles. The number of ketones is 1. The first kappa shape index (κ1) is 10.9. The molecule has 5 heteroatoms. The number of hydrogen-bond donors (Lipinski definition) is 0. The molecule has 2 rings (SSSR count). The van der Waals surface area contributed by atoms with Crippen LogP contribution in [-0.2, 0) is 0 Å². The van der Waals surface area contributed by atoms with E-state index in [1.54, 1.807) is 6.92 Å². The maximum atomic E-state index is 13.3. The lowest BCUT2D eigenvalue weighted by atomic mass is 10.1. The van der Waals surface area contributed by atoms with Crippen molar-refractivity contribution in [2.75, 3.05) is 0 Å². The Kier molecular flexibility index (Phi) is 2.78. The average Bonchev–Trinajstić information content (AvgIpc) is 2.67. The summed E-state index contributed by atoms with van der Waals surface area (Å²) in [7, 11) is 0. The van der Waals surface area contributed by atoms with Crippen molar-refractivity contribution in [1.82, 2.24) is 4.98 Å². The van der Waals surface area contributed by atoms with E-state index < -0.39 is 17.4 Å². The number of benzene rings is 1. The Balaban J connectivity index is 2.45. The standard InChI is InChI=1S/C11H7F2NOS/c1-6-14-10(5-16-6)11(15)8-4-7(12)2-3-9(8)13/h2-5H,1H3. The zero-order valence-corrected chi connectivity index (χ0v) is 9.15. The van der Waals surface area contributed by atoms with Crippen LogP contribution in [0.4, 0.5) is 8.78 Å². The molecular weight excluding hydrogens is 232 g/mol. The molecule has 0 radical (unpaired) electrons. The number of aromatic nitrogens is 1. The van der Waals surface area contributed by atoms with Gasteiger partial charge in [0.2, 0.25) is 5.78 Å². The van der Waals surface area contributed by atoms with Crippen molar-refractivity contribution in [2.45, 2.75) is 6.92 Å². The van der Waals surface area contributed by atoms with Gasteiger partial charge < -0.3 is 0 Å². The van der Waals surface area contributed by atoms with Gasteiger partial charge in [0, 0.05) is 5.38 Å². The maximum Gasteiger partial charge on any atom is 0.215 e. The summed E-state index contributed by atoms with van der Waals surface area (Å²) in [5, 5.41) is 2.24. The number of hydrogen-bond acceptors (Lipinski definition) is 3. The Morgan fingerprint density at radius 3 is 2.75 bits per heavy atom. The highest BCUT2D eigenvalue weighted by Gasteiger charge is 2.17. The maximum absolute atomic E-state index is 13.3. The Labute approximate surface area is 94.6 Å². The molecule has 0 spiro atoms. The molecular formula is C11H7F2NOS. The van der Waals surface area contributed by atoms with Gasteiger partial charge in [-0.1, -0.05) is 0 Å². The Hall–Kier alpha value is -1.62. The number of carbonyl (C=O) groups is 1. The molecule has 0 fully saturated rings. The second-order valence-corrected chi connectivity index (χ2v) is 4.27. The predicted molar refractivity (Wildman–Crippen MR) is 56.6 cm³/mol. The van der Waals surface area contributed by atoms with E-state index in [2.05, 4.69) is 4.98 Å². The van der Waals surface area contributed by atoms with Gasteiger partial charge in [0.1, 0.15) is 17.3 Å². The topological polar surface area (TPSA) is 30.0 Å². The first-order valence-electron chi connectivity index (χ1n) is 4.50. The van der Waals surface area contributed by atoms with Crippen LogP contribution in [0.2, 0.25) is 0 Å². The average molecular weight is 239 g/mol. The SMILES string of the molecule is Cc1nc(C(=O)c2cc(F)ccc2F)cs1. The highest BCUT2D eigenvalue weighted by Crippen LogP contribution is 2.16. The summed E-state index contributed by atoms with van der Waals surface area (Å²) in [5.41, 5.74) is -0.141. The Morgan fingerprint density at radius 2 is 2.12 bits per heavy atom. The summed E-state index contributed by atoms with van der Waals surface area (Å²) in [4.78, 5) is 15.7. The van der Waals surface area contributed by atoms with Crippen molar-refractivity contribution in [1.29, 1.82) is 0 Å². The van der Waals surface area contributed by atoms with Crippen molar-refractivity contribution in [3.05, 3.63) is 51.5 Å². The molecule has 0 N–H and O–H groups in total. The van der Waals surface area contributed by atoms with Gasteiger partial charge >= 0.3 is 0 Å². The summed E-state index contributed by atoms with van der Waals surface area (Å²) < 4.78 is 26.2. The fourth-order valence-electron chi connectivity index (χ4n) is 1.28. The molecule has 16 heavy (non-hydrogen) atoms. The number of carbonyl (C=O) groups excluding carboxylic acids is 1. The van der Waals surface area contributed by atoms with E-state index in [0.29, 0.717) is 5.01 Å². The van der Waals surface area contributed by atoms with Crippen molar-refractivity contribution >= 4 is 17.1 Å². The third-order valence-electron chi connectivity index (χ3n) is 2.02. The lowest BCUT2D eigenvalue weighted by Gasteiger charge is -1.99. The van der Waals surface area contributed by atoms with Crippen LogP contribution in [0.15, 0.2) is 23.6 Å². The van der Waals surface area contributed by atoms with Gasteiger partial charge in [-0.2, -0.15) is 0 Å². The highest BCUT2D eigenvalue weighted by molar-refractivity contribution is 7.09. The van der Waals surface area contributed by atoms with Gasteiger partial charge in [0.25, 0.3) is 0 Å². The third kappa shape index (κ3) is 1.99. The lowest BCUT2D eigenvalue weighted by Crippen LogP contribution is -2.05. The van der Waals surface area contributed by atoms with Crippen LogP contribution in [0.3, 0.4) is 0 Å². The number of rotatable bonds is 2. The number of nitrogens with zero attached hydrogens (tertiary/aromatic N) is 1. The van der Waals surface area contributed by atoms with E-state index in [9.17, 15) is 13.6 Å². The van der Waals surface area contributed by atoms with Gasteiger partial charge in [-0.05, 0) is 25.1 Å². The molecule has 2 nitrogen and oxygen atoms in total. The molecule has 0 saturated heterocycles. The van der Waals surface area contributed by atoms with Crippen LogP contribution in [0.25, 0.3) is 0 Å². The second kappa shape index (κ2) is 4.09. The molecule has 0 atom stereocenters. The molecule has 0 aliphatic heterocycles. The predicted octanol–water partition coefficient (Wildman–Crippen LogP) is 2.96. The molecule has 0 aliphatic carbocycles. The number of halogens is 2. The van der Waals surface area contributed by atoms with Gasteiger partial charge in [-0.3, -0.25) is 4.79 Å². The van der Waals surface area contributed by atoms with Crippen molar-refractivity contribution in [3.63, 3.8) is 0 Å². The summed E-state index contributed by atoms with van der Waals surface area (Å²) >= 11 is 1.29. The minimum Gasteiger partial charge on any atom is -0.287 e. The van der Waals surface area contributed by atoms with E-state index in [0.717, 1.165) is 18.2 Å². The van der Waals surface area contributed by atoms with Crippen LogP contribution in [0.5, 0.6) is 0 Å². The normalized spacial score (nSPS) is 10.4. The molecule has 82 valence electrons. The summed E-state index contributed by atoms with van der Waals surface area (Å²) in [5.74, 6) is -1.98. The summed E-state index contributed by atoms with van der Waals surface area (Å²) in [6.45, 7) is 1.74. The zero-order chi connectivity index (χ0) is 11.7. The van der Waals surface area contributed by atoms with Crippen LogP contribution in [-0.4, -0.2) is 10.8 Å². The van der Waals surface area contributed by atoms with Crippen LogP contribution < -0.4 is 0 Å². The Bertz CT molecular complexity index is 551. The largest absolute Gasteiger partial charge is 0.287 e. The minimum atomic E-state index is -0.739. The van der Waals surface area contributed by atoms with Crippen LogP contribution in [0.1, 0.15) is 21.1 Å². The lowest BCUT2D eigenvalue weighted by molar-refractivity contribution is 0.103. The molecule has 0 aliphatic rings. The van der Waals surface area contributed by atoms with E-state index >= 15 is 0 Å². The monoisotopic (exact) mass is 239 g/mol. The molecule has 0 saturated carbocycles. The van der Waals surface area contributed by atoms with E-state index in [1.807, 2.05) is 0 Å². The highest BCUT2D eigenvalue weighted by atomic mass is 32.1. The van der Waals surface area contributed by atoms with Crippen molar-refractivity contribution in [2.24, 2.45) is 0 Å². The van der Waals surface area contributed by atoms with E-state index in [4.69, 9.17) is 0 Å². The van der Waals surface area contributed by atoms with E-state index in [-0.39, 0.29) is 11.3 Å². The summed E-state index contributed by atoms with van der Waals surface area (Å²) in [6, 6.07) is 2.78. The molecule has 1 heterocycles. The third-order valence-corrected chi connectivity index (χ3v) is 2.80. The fourth-order valence-corrected chi connectivity index (χ4v) is 1.87. The molecule has 2 aromatic rings. The van der Waals surface area contributed by atoms with Gasteiger partial charge in [-0.25, -0.2) is 13.8 Å². The Morgan fingerprint density at radius 1 is 1.38 bits per heavy atom. The zero-order valence-electron chi connectivity index (χ0n) is 8.33. The minimum absolute atomic E-state index is 0.145. The first-order chi connectivity index (χ1) is 7.58. The second-order valence-electron chi connectivity index (χ2n) is 3.21.